The monoisotopic (exact) mass is 471 g/mol. The lowest BCUT2D eigenvalue weighted by molar-refractivity contribution is 0.0601. The molecule has 0 fully saturated rings. The van der Waals surface area contributed by atoms with E-state index in [1.54, 1.807) is 69.7 Å². The molecule has 0 saturated heterocycles. The van der Waals surface area contributed by atoms with Crippen molar-refractivity contribution in [2.24, 2.45) is 4.99 Å². The molecule has 0 amide bonds. The first-order chi connectivity index (χ1) is 16.9. The number of H-pyrrole nitrogens is 1. The highest BCUT2D eigenvalue weighted by Gasteiger charge is 2.20. The molecule has 178 valence electrons. The number of hydrogen-bond donors (Lipinski definition) is 1. The van der Waals surface area contributed by atoms with Crippen molar-refractivity contribution in [2.45, 2.75) is 6.92 Å². The minimum Gasteiger partial charge on any atom is -0.497 e. The number of carbonyl (C=O) groups excluding carboxylic acids is 1. The van der Waals surface area contributed by atoms with E-state index in [-0.39, 0.29) is 5.56 Å². The molecule has 0 spiro atoms. The Morgan fingerprint density at radius 1 is 0.829 bits per heavy atom. The van der Waals surface area contributed by atoms with E-state index < -0.39 is 5.97 Å². The fraction of sp³-hybridized carbons (Fsp3) is 0.148. The Morgan fingerprint density at radius 3 is 1.94 bits per heavy atom. The van der Waals surface area contributed by atoms with Gasteiger partial charge in [0.2, 0.25) is 0 Å². The molecule has 0 bridgehead atoms. The van der Waals surface area contributed by atoms with Crippen LogP contribution in [-0.4, -0.2) is 42.8 Å². The standard InChI is InChI=1S/C27H25N3O5/c1-17(28-20-9-5-19(6-10-20)27(32)35-4)24-25(18-7-13-22(33-2)14-8-18)29-30(26(24)31)21-11-15-23(34-3)16-12-21/h5-16,29H,1-4H3. The van der Waals surface area contributed by atoms with E-state index in [4.69, 9.17) is 14.2 Å². The molecule has 0 saturated carbocycles. The zero-order chi connectivity index (χ0) is 24.9. The van der Waals surface area contributed by atoms with Gasteiger partial charge in [-0.05, 0) is 79.7 Å². The normalized spacial score (nSPS) is 11.3. The van der Waals surface area contributed by atoms with E-state index in [2.05, 4.69) is 10.1 Å². The second-order valence-corrected chi connectivity index (χ2v) is 7.66. The highest BCUT2D eigenvalue weighted by molar-refractivity contribution is 6.05. The Hall–Kier alpha value is -4.59. The summed E-state index contributed by atoms with van der Waals surface area (Å²) in [6, 6.07) is 21.3. The zero-order valence-electron chi connectivity index (χ0n) is 19.9. The number of aliphatic imine (C=N–C) groups is 1. The molecule has 8 heteroatoms. The summed E-state index contributed by atoms with van der Waals surface area (Å²) in [4.78, 5) is 30.0. The summed E-state index contributed by atoms with van der Waals surface area (Å²) >= 11 is 0. The molecule has 0 atom stereocenters. The number of aromatic amines is 1. The van der Waals surface area contributed by atoms with Gasteiger partial charge in [0.15, 0.2) is 0 Å². The van der Waals surface area contributed by atoms with Crippen molar-refractivity contribution >= 4 is 17.4 Å². The number of benzene rings is 3. The molecule has 0 aliphatic heterocycles. The largest absolute Gasteiger partial charge is 0.497 e. The molecule has 0 aliphatic carbocycles. The SMILES string of the molecule is COC(=O)c1ccc(N=C(C)c2c(-c3ccc(OC)cc3)[nH]n(-c3ccc(OC)cc3)c2=O)cc1. The lowest BCUT2D eigenvalue weighted by Crippen LogP contribution is -2.19. The van der Waals surface area contributed by atoms with Gasteiger partial charge in [0, 0.05) is 5.56 Å². The van der Waals surface area contributed by atoms with Gasteiger partial charge in [0.1, 0.15) is 11.5 Å². The van der Waals surface area contributed by atoms with Gasteiger partial charge < -0.3 is 14.2 Å². The Bertz CT molecular complexity index is 1410. The van der Waals surface area contributed by atoms with Gasteiger partial charge in [-0.15, -0.1) is 0 Å². The number of ether oxygens (including phenoxy) is 3. The number of carbonyl (C=O) groups is 1. The van der Waals surface area contributed by atoms with Crippen LogP contribution in [0, 0.1) is 0 Å². The van der Waals surface area contributed by atoms with Crippen molar-refractivity contribution in [3.8, 4) is 28.4 Å². The molecule has 1 N–H and O–H groups in total. The maximum Gasteiger partial charge on any atom is 0.337 e. The number of nitrogens with zero attached hydrogens (tertiary/aromatic N) is 2. The van der Waals surface area contributed by atoms with Crippen molar-refractivity contribution in [2.75, 3.05) is 21.3 Å². The van der Waals surface area contributed by atoms with E-state index in [1.165, 1.54) is 11.8 Å². The highest BCUT2D eigenvalue weighted by atomic mass is 16.5. The van der Waals surface area contributed by atoms with Gasteiger partial charge in [-0.25, -0.2) is 9.48 Å². The summed E-state index contributed by atoms with van der Waals surface area (Å²) in [6.07, 6.45) is 0. The van der Waals surface area contributed by atoms with Crippen LogP contribution < -0.4 is 15.0 Å². The quantitative estimate of drug-likeness (QED) is 0.309. The average Bonchev–Trinajstić information content (AvgIpc) is 3.25. The van der Waals surface area contributed by atoms with Crippen LogP contribution in [0.1, 0.15) is 22.8 Å². The third kappa shape index (κ3) is 4.86. The van der Waals surface area contributed by atoms with Crippen LogP contribution >= 0.6 is 0 Å². The van der Waals surface area contributed by atoms with Crippen LogP contribution in [0.2, 0.25) is 0 Å². The number of aromatic nitrogens is 2. The van der Waals surface area contributed by atoms with Crippen molar-refractivity contribution in [3.63, 3.8) is 0 Å². The summed E-state index contributed by atoms with van der Waals surface area (Å²) in [7, 11) is 4.52. The van der Waals surface area contributed by atoms with Gasteiger partial charge >= 0.3 is 5.97 Å². The van der Waals surface area contributed by atoms with Crippen LogP contribution in [0.4, 0.5) is 5.69 Å². The van der Waals surface area contributed by atoms with Crippen LogP contribution in [0.25, 0.3) is 16.9 Å². The fourth-order valence-electron chi connectivity index (χ4n) is 3.69. The maximum atomic E-state index is 13.6. The van der Waals surface area contributed by atoms with Crippen LogP contribution in [0.3, 0.4) is 0 Å². The predicted molar refractivity (Wildman–Crippen MR) is 135 cm³/mol. The average molecular weight is 472 g/mol. The molecule has 35 heavy (non-hydrogen) atoms. The molecular formula is C27H25N3O5. The summed E-state index contributed by atoms with van der Waals surface area (Å²) in [5.41, 5.74) is 3.83. The molecular weight excluding hydrogens is 446 g/mol. The summed E-state index contributed by atoms with van der Waals surface area (Å²) < 4.78 is 16.7. The Morgan fingerprint density at radius 2 is 1.40 bits per heavy atom. The molecule has 1 heterocycles. The molecule has 3 aromatic carbocycles. The van der Waals surface area contributed by atoms with Gasteiger partial charge in [0.25, 0.3) is 5.56 Å². The molecule has 4 aromatic rings. The van der Waals surface area contributed by atoms with Gasteiger partial charge in [0.05, 0.1) is 55.2 Å². The lowest BCUT2D eigenvalue weighted by atomic mass is 10.0. The van der Waals surface area contributed by atoms with Crippen molar-refractivity contribution in [3.05, 3.63) is 94.3 Å². The Labute approximate surface area is 202 Å². The number of rotatable bonds is 7. The van der Waals surface area contributed by atoms with Crippen molar-refractivity contribution in [1.29, 1.82) is 0 Å². The van der Waals surface area contributed by atoms with E-state index in [0.717, 1.165) is 5.56 Å². The minimum absolute atomic E-state index is 0.242. The third-order valence-electron chi connectivity index (χ3n) is 5.55. The molecule has 0 radical (unpaired) electrons. The zero-order valence-corrected chi connectivity index (χ0v) is 19.9. The lowest BCUT2D eigenvalue weighted by Gasteiger charge is -2.05. The summed E-state index contributed by atoms with van der Waals surface area (Å²) in [5, 5.41) is 3.24. The number of methoxy groups -OCH3 is 3. The minimum atomic E-state index is -0.424. The molecule has 8 nitrogen and oxygen atoms in total. The smallest absolute Gasteiger partial charge is 0.337 e. The Kier molecular flexibility index (Phi) is 6.82. The van der Waals surface area contributed by atoms with Gasteiger partial charge in [-0.2, -0.15) is 0 Å². The Balaban J connectivity index is 1.82. The maximum absolute atomic E-state index is 13.6. The fourth-order valence-corrected chi connectivity index (χ4v) is 3.69. The summed E-state index contributed by atoms with van der Waals surface area (Å²) in [6.45, 7) is 1.78. The topological polar surface area (TPSA) is 94.9 Å². The summed E-state index contributed by atoms with van der Waals surface area (Å²) in [5.74, 6) is 0.979. The van der Waals surface area contributed by atoms with Crippen molar-refractivity contribution < 1.29 is 19.0 Å². The first-order valence-corrected chi connectivity index (χ1v) is 10.8. The van der Waals surface area contributed by atoms with Crippen LogP contribution in [-0.2, 0) is 4.74 Å². The predicted octanol–water partition coefficient (Wildman–Crippen LogP) is 4.78. The van der Waals surface area contributed by atoms with E-state index in [9.17, 15) is 9.59 Å². The van der Waals surface area contributed by atoms with E-state index in [1.807, 2.05) is 24.3 Å². The molecule has 0 unspecified atom stereocenters. The third-order valence-corrected chi connectivity index (χ3v) is 5.55. The second-order valence-electron chi connectivity index (χ2n) is 7.66. The molecule has 4 rings (SSSR count). The van der Waals surface area contributed by atoms with Crippen LogP contribution in [0.5, 0.6) is 11.5 Å². The second kappa shape index (κ2) is 10.1. The van der Waals surface area contributed by atoms with E-state index >= 15 is 0 Å². The van der Waals surface area contributed by atoms with E-state index in [0.29, 0.717) is 45.4 Å². The number of hydrogen-bond acceptors (Lipinski definition) is 6. The van der Waals surface area contributed by atoms with Gasteiger partial charge in [-0.1, -0.05) is 0 Å². The molecule has 0 aliphatic rings. The van der Waals surface area contributed by atoms with Gasteiger partial charge in [-0.3, -0.25) is 14.9 Å². The molecule has 1 aromatic heterocycles. The first kappa shape index (κ1) is 23.6. The van der Waals surface area contributed by atoms with Crippen molar-refractivity contribution in [1.82, 2.24) is 9.78 Å². The van der Waals surface area contributed by atoms with Crippen LogP contribution in [0.15, 0.2) is 82.6 Å². The first-order valence-electron chi connectivity index (χ1n) is 10.8. The highest BCUT2D eigenvalue weighted by Crippen LogP contribution is 2.26. The number of esters is 1. The number of nitrogens with one attached hydrogen (secondary N) is 1.